The molecule has 2 N–H and O–H groups in total. The summed E-state index contributed by atoms with van der Waals surface area (Å²) in [5, 5.41) is 17.7. The number of carbonyl (C=O) groups is 2. The predicted octanol–water partition coefficient (Wildman–Crippen LogP) is 1.41. The first-order valence-electron chi connectivity index (χ1n) is 3.72. The summed E-state index contributed by atoms with van der Waals surface area (Å²) in [6, 6.07) is 3.84. The third kappa shape index (κ3) is 2.03. The fourth-order valence-electron chi connectivity index (χ4n) is 0.996. The van der Waals surface area contributed by atoms with E-state index in [0.717, 1.165) is 0 Å². The van der Waals surface area contributed by atoms with Crippen LogP contribution in [0.1, 0.15) is 11.5 Å². The van der Waals surface area contributed by atoms with Crippen LogP contribution in [0.25, 0.3) is 0 Å². The minimum atomic E-state index is -1.25. The maximum Gasteiger partial charge on any atom is 0.318 e. The zero-order valence-corrected chi connectivity index (χ0v) is 7.73. The van der Waals surface area contributed by atoms with Gasteiger partial charge in [-0.1, -0.05) is 17.7 Å². The largest absolute Gasteiger partial charge is 0.506 e. The molecule has 0 aliphatic carbocycles. The quantitative estimate of drug-likeness (QED) is 0.589. The minimum absolute atomic E-state index is 0.0237. The van der Waals surface area contributed by atoms with Crippen LogP contribution in [-0.2, 0) is 9.59 Å². The third-order valence-electron chi connectivity index (χ3n) is 1.73. The maximum absolute atomic E-state index is 10.6. The highest BCUT2D eigenvalue weighted by Crippen LogP contribution is 2.26. The van der Waals surface area contributed by atoms with Gasteiger partial charge in [-0.15, -0.1) is 0 Å². The molecule has 0 amide bonds. The molecule has 0 saturated heterocycles. The second-order valence-electron chi connectivity index (χ2n) is 2.66. The summed E-state index contributed by atoms with van der Waals surface area (Å²) < 4.78 is 0. The molecule has 1 rings (SSSR count). The number of rotatable bonds is 3. The van der Waals surface area contributed by atoms with Gasteiger partial charge >= 0.3 is 5.97 Å². The lowest BCUT2D eigenvalue weighted by atomic mass is 10.0. The Bertz CT molecular complexity index is 375. The molecule has 74 valence electrons. The molecule has 0 fully saturated rings. The number of halogens is 1. The van der Waals surface area contributed by atoms with Crippen LogP contribution < -0.4 is 0 Å². The second-order valence-corrected chi connectivity index (χ2v) is 3.07. The standard InChI is InChI=1S/C9H7ClO4/c10-7-3-5(1-2-8(7)12)6(4-11)9(13)14/h1-4,6,12H,(H,13,14). The first-order valence-corrected chi connectivity index (χ1v) is 4.10. The van der Waals surface area contributed by atoms with Crippen molar-refractivity contribution >= 4 is 23.9 Å². The van der Waals surface area contributed by atoms with Crippen LogP contribution in [0.4, 0.5) is 0 Å². The molecule has 14 heavy (non-hydrogen) atoms. The van der Waals surface area contributed by atoms with E-state index in [0.29, 0.717) is 6.29 Å². The number of carboxylic acid groups (broad SMARTS) is 1. The molecule has 1 aromatic rings. The van der Waals surface area contributed by atoms with E-state index in [-0.39, 0.29) is 16.3 Å². The Morgan fingerprint density at radius 3 is 2.57 bits per heavy atom. The van der Waals surface area contributed by atoms with Crippen LogP contribution in [0, 0.1) is 0 Å². The zero-order valence-electron chi connectivity index (χ0n) is 6.98. The summed E-state index contributed by atoms with van der Waals surface area (Å²) in [5.74, 6) is -2.64. The zero-order chi connectivity index (χ0) is 10.7. The molecule has 0 heterocycles. The number of carboxylic acids is 1. The Balaban J connectivity index is 3.12. The van der Waals surface area contributed by atoms with Gasteiger partial charge in [-0.3, -0.25) is 4.79 Å². The van der Waals surface area contributed by atoms with Crippen LogP contribution in [-0.4, -0.2) is 22.5 Å². The van der Waals surface area contributed by atoms with Crippen molar-refractivity contribution in [3.8, 4) is 5.75 Å². The van der Waals surface area contributed by atoms with Crippen LogP contribution in [0.15, 0.2) is 18.2 Å². The van der Waals surface area contributed by atoms with Crippen molar-refractivity contribution in [2.24, 2.45) is 0 Å². The average Bonchev–Trinajstić information content (AvgIpc) is 2.11. The van der Waals surface area contributed by atoms with E-state index in [2.05, 4.69) is 0 Å². The number of phenols is 1. The van der Waals surface area contributed by atoms with E-state index in [1.54, 1.807) is 0 Å². The van der Waals surface area contributed by atoms with Gasteiger partial charge in [-0.25, -0.2) is 0 Å². The van der Waals surface area contributed by atoms with Crippen LogP contribution in [0.3, 0.4) is 0 Å². The molecular weight excluding hydrogens is 208 g/mol. The van der Waals surface area contributed by atoms with Gasteiger partial charge in [-0.05, 0) is 17.7 Å². The summed E-state index contributed by atoms with van der Waals surface area (Å²) in [6.07, 6.45) is 0.311. The van der Waals surface area contributed by atoms with E-state index in [9.17, 15) is 9.59 Å². The van der Waals surface area contributed by atoms with Gasteiger partial charge < -0.3 is 15.0 Å². The fraction of sp³-hybridized carbons (Fsp3) is 0.111. The number of phenolic OH excluding ortho intramolecular Hbond substituents is 1. The minimum Gasteiger partial charge on any atom is -0.506 e. The topological polar surface area (TPSA) is 74.6 Å². The summed E-state index contributed by atoms with van der Waals surface area (Å²) in [5.41, 5.74) is 0.246. The van der Waals surface area contributed by atoms with Gasteiger partial charge in [0.25, 0.3) is 0 Å². The summed E-state index contributed by atoms with van der Waals surface area (Å²) in [4.78, 5) is 21.0. The van der Waals surface area contributed by atoms with Crippen LogP contribution in [0.2, 0.25) is 5.02 Å². The Morgan fingerprint density at radius 2 is 2.14 bits per heavy atom. The van der Waals surface area contributed by atoms with E-state index in [1.807, 2.05) is 0 Å². The van der Waals surface area contributed by atoms with Gasteiger partial charge in [0.15, 0.2) is 0 Å². The number of carbonyl (C=O) groups excluding carboxylic acids is 1. The number of aliphatic carboxylic acids is 1. The molecule has 0 bridgehead atoms. The first-order chi connectivity index (χ1) is 6.56. The van der Waals surface area contributed by atoms with E-state index in [1.165, 1.54) is 18.2 Å². The highest BCUT2D eigenvalue weighted by atomic mass is 35.5. The lowest BCUT2D eigenvalue weighted by Crippen LogP contribution is -2.12. The molecule has 0 saturated carbocycles. The monoisotopic (exact) mass is 214 g/mol. The molecule has 0 spiro atoms. The molecule has 0 aliphatic heterocycles. The van der Waals surface area contributed by atoms with Gasteiger partial charge in [0.1, 0.15) is 18.0 Å². The molecule has 1 aromatic carbocycles. The number of hydrogen-bond donors (Lipinski definition) is 2. The Morgan fingerprint density at radius 1 is 1.50 bits per heavy atom. The normalized spacial score (nSPS) is 12.1. The van der Waals surface area contributed by atoms with Gasteiger partial charge in [0.2, 0.25) is 0 Å². The smallest absolute Gasteiger partial charge is 0.318 e. The van der Waals surface area contributed by atoms with Gasteiger partial charge in [0, 0.05) is 0 Å². The number of aromatic hydroxyl groups is 1. The highest BCUT2D eigenvalue weighted by molar-refractivity contribution is 6.32. The number of hydrogen-bond acceptors (Lipinski definition) is 3. The van der Waals surface area contributed by atoms with Crippen molar-refractivity contribution in [2.45, 2.75) is 5.92 Å². The molecule has 5 heteroatoms. The van der Waals surface area contributed by atoms with Gasteiger partial charge in [-0.2, -0.15) is 0 Å². The summed E-state index contributed by atoms with van der Waals surface area (Å²) >= 11 is 5.56. The van der Waals surface area contributed by atoms with Crippen molar-refractivity contribution in [1.82, 2.24) is 0 Å². The SMILES string of the molecule is O=CC(C(=O)O)c1ccc(O)c(Cl)c1. The lowest BCUT2D eigenvalue weighted by Gasteiger charge is -2.06. The average molecular weight is 215 g/mol. The summed E-state index contributed by atoms with van der Waals surface area (Å²) in [7, 11) is 0. The van der Waals surface area contributed by atoms with Crippen LogP contribution in [0.5, 0.6) is 5.75 Å². The number of benzene rings is 1. The summed E-state index contributed by atoms with van der Waals surface area (Å²) in [6.45, 7) is 0. The van der Waals surface area contributed by atoms with Gasteiger partial charge in [0.05, 0.1) is 5.02 Å². The predicted molar refractivity (Wildman–Crippen MR) is 49.6 cm³/mol. The van der Waals surface area contributed by atoms with Crippen molar-refractivity contribution in [1.29, 1.82) is 0 Å². The number of aldehydes is 1. The lowest BCUT2D eigenvalue weighted by molar-refractivity contribution is -0.140. The van der Waals surface area contributed by atoms with E-state index < -0.39 is 11.9 Å². The molecule has 1 atom stereocenters. The Kier molecular flexibility index (Phi) is 3.09. The second kappa shape index (κ2) is 4.11. The molecule has 0 aromatic heterocycles. The highest BCUT2D eigenvalue weighted by Gasteiger charge is 2.19. The molecular formula is C9H7ClO4. The van der Waals surface area contributed by atoms with E-state index >= 15 is 0 Å². The molecule has 4 nitrogen and oxygen atoms in total. The molecule has 0 radical (unpaired) electrons. The Labute approximate surface area is 84.7 Å². The first kappa shape index (κ1) is 10.5. The van der Waals surface area contributed by atoms with Crippen LogP contribution >= 0.6 is 11.6 Å². The van der Waals surface area contributed by atoms with Crippen molar-refractivity contribution in [2.75, 3.05) is 0 Å². The Hall–Kier alpha value is -1.55. The molecule has 1 unspecified atom stereocenters. The fourth-order valence-corrected chi connectivity index (χ4v) is 1.18. The van der Waals surface area contributed by atoms with Crippen molar-refractivity contribution in [3.63, 3.8) is 0 Å². The van der Waals surface area contributed by atoms with E-state index in [4.69, 9.17) is 21.8 Å². The molecule has 0 aliphatic rings. The maximum atomic E-state index is 10.6. The van der Waals surface area contributed by atoms with Crippen molar-refractivity contribution in [3.05, 3.63) is 28.8 Å². The third-order valence-corrected chi connectivity index (χ3v) is 2.04. The van der Waals surface area contributed by atoms with Crippen molar-refractivity contribution < 1.29 is 19.8 Å².